The number of nitrogen functional groups attached to an aromatic ring is 1. The molecule has 0 spiro atoms. The molecule has 35 heavy (non-hydrogen) atoms. The summed E-state index contributed by atoms with van der Waals surface area (Å²) in [6.07, 6.45) is 0.850. The number of aliphatic hydroxyl groups excluding tert-OH is 2. The van der Waals surface area contributed by atoms with E-state index in [1.54, 1.807) is 23.9 Å². The molecule has 9 heteroatoms. The molecule has 0 aliphatic carbocycles. The Hall–Kier alpha value is -3.43. The molecule has 0 radical (unpaired) electrons. The first kappa shape index (κ1) is 24.7. The number of nitrogens with one attached hydrogen (secondary N) is 1. The van der Waals surface area contributed by atoms with Gasteiger partial charge in [-0.25, -0.2) is 9.37 Å². The zero-order valence-corrected chi connectivity index (χ0v) is 19.8. The molecule has 2 atom stereocenters. The molecular weight excluding hydrogens is 449 g/mol. The average Bonchev–Trinajstić information content (AvgIpc) is 3.22. The highest BCUT2D eigenvalue weighted by Gasteiger charge is 2.30. The summed E-state index contributed by atoms with van der Waals surface area (Å²) in [6, 6.07) is 14.3. The van der Waals surface area contributed by atoms with Gasteiger partial charge in [0.2, 0.25) is 0 Å². The molecule has 1 aliphatic heterocycles. The lowest BCUT2D eigenvalue weighted by atomic mass is 9.96. The second-order valence-corrected chi connectivity index (χ2v) is 9.10. The molecule has 1 aromatic heterocycles. The lowest BCUT2D eigenvalue weighted by molar-refractivity contribution is -0.136. The number of nitrogens with two attached hydrogens (primary N) is 1. The molecule has 1 amide bonds. The highest BCUT2D eigenvalue weighted by atomic mass is 19.1. The summed E-state index contributed by atoms with van der Waals surface area (Å²) in [6.45, 7) is 1.87. The number of nitrogens with zero attached hydrogens (tertiary/aromatic N) is 3. The summed E-state index contributed by atoms with van der Waals surface area (Å²) >= 11 is 0. The maximum Gasteiger partial charge on any atom is 0.252 e. The van der Waals surface area contributed by atoms with Gasteiger partial charge in [0.15, 0.2) is 6.10 Å². The van der Waals surface area contributed by atoms with Crippen molar-refractivity contribution >= 4 is 17.3 Å². The van der Waals surface area contributed by atoms with E-state index in [1.165, 1.54) is 12.1 Å². The summed E-state index contributed by atoms with van der Waals surface area (Å²) in [7, 11) is 1.76. The molecular formula is C26H32FN5O3. The maximum absolute atomic E-state index is 13.3. The van der Waals surface area contributed by atoms with E-state index in [9.17, 15) is 19.4 Å². The van der Waals surface area contributed by atoms with Crippen molar-refractivity contribution in [2.45, 2.75) is 31.5 Å². The fourth-order valence-electron chi connectivity index (χ4n) is 4.53. The summed E-state index contributed by atoms with van der Waals surface area (Å²) < 4.78 is 15.0. The van der Waals surface area contributed by atoms with Crippen LogP contribution >= 0.6 is 0 Å². The van der Waals surface area contributed by atoms with Crippen LogP contribution in [-0.4, -0.2) is 51.4 Å². The SMILES string of the molecule is Cn1c(Cc2ccccc2)cnc1[C@H](O)[C@@H](O)C(=O)NCC1CCN(c2ccc(F)cc2N)CC1. The number of imidazole rings is 1. The van der Waals surface area contributed by atoms with Gasteiger partial charge in [-0.2, -0.15) is 0 Å². The minimum absolute atomic E-state index is 0.229. The van der Waals surface area contributed by atoms with Crippen LogP contribution in [0.15, 0.2) is 54.7 Å². The van der Waals surface area contributed by atoms with Gasteiger partial charge in [-0.15, -0.1) is 0 Å². The van der Waals surface area contributed by atoms with Crippen LogP contribution in [0.4, 0.5) is 15.8 Å². The van der Waals surface area contributed by atoms with E-state index in [4.69, 9.17) is 5.73 Å². The van der Waals surface area contributed by atoms with Crippen LogP contribution in [0.25, 0.3) is 0 Å². The van der Waals surface area contributed by atoms with Crippen LogP contribution in [0.2, 0.25) is 0 Å². The zero-order valence-electron chi connectivity index (χ0n) is 19.8. The molecule has 2 aromatic carbocycles. The average molecular weight is 482 g/mol. The molecule has 8 nitrogen and oxygen atoms in total. The summed E-state index contributed by atoms with van der Waals surface area (Å²) in [5.41, 5.74) is 9.14. The number of hydrogen-bond acceptors (Lipinski definition) is 6. The molecule has 0 saturated carbocycles. The Kier molecular flexibility index (Phi) is 7.67. The van der Waals surface area contributed by atoms with Crippen molar-refractivity contribution in [3.8, 4) is 0 Å². The molecule has 2 heterocycles. The third-order valence-corrected chi connectivity index (χ3v) is 6.69. The normalized spacial score (nSPS) is 16.2. The Morgan fingerprint density at radius 1 is 1.20 bits per heavy atom. The number of halogens is 1. The fourth-order valence-corrected chi connectivity index (χ4v) is 4.53. The van der Waals surface area contributed by atoms with Crippen molar-refractivity contribution in [3.05, 3.63) is 77.6 Å². The monoisotopic (exact) mass is 481 g/mol. The van der Waals surface area contributed by atoms with Crippen LogP contribution in [0.5, 0.6) is 0 Å². The van der Waals surface area contributed by atoms with Gasteiger partial charge in [0.25, 0.3) is 5.91 Å². The molecule has 1 aliphatic rings. The van der Waals surface area contributed by atoms with Crippen LogP contribution < -0.4 is 16.0 Å². The van der Waals surface area contributed by atoms with Gasteiger partial charge in [-0.1, -0.05) is 30.3 Å². The molecule has 0 unspecified atom stereocenters. The Morgan fingerprint density at radius 2 is 1.91 bits per heavy atom. The van der Waals surface area contributed by atoms with Crippen molar-refractivity contribution in [2.24, 2.45) is 13.0 Å². The summed E-state index contributed by atoms with van der Waals surface area (Å²) in [5, 5.41) is 23.9. The van der Waals surface area contributed by atoms with E-state index in [0.717, 1.165) is 42.9 Å². The molecule has 186 valence electrons. The van der Waals surface area contributed by atoms with Crippen molar-refractivity contribution in [1.29, 1.82) is 0 Å². The van der Waals surface area contributed by atoms with Crippen LogP contribution in [0.1, 0.15) is 36.0 Å². The van der Waals surface area contributed by atoms with E-state index in [1.807, 2.05) is 30.3 Å². The lowest BCUT2D eigenvalue weighted by Gasteiger charge is -2.34. The fraction of sp³-hybridized carbons (Fsp3) is 0.385. The number of anilines is 2. The number of carbonyl (C=O) groups is 1. The quantitative estimate of drug-likeness (QED) is 0.367. The van der Waals surface area contributed by atoms with Gasteiger partial charge in [-0.3, -0.25) is 4.79 Å². The van der Waals surface area contributed by atoms with Crippen LogP contribution in [-0.2, 0) is 18.3 Å². The molecule has 1 fully saturated rings. The lowest BCUT2D eigenvalue weighted by Crippen LogP contribution is -2.43. The highest BCUT2D eigenvalue weighted by molar-refractivity contribution is 5.81. The summed E-state index contributed by atoms with van der Waals surface area (Å²) in [5.74, 6) is -0.520. The smallest absolute Gasteiger partial charge is 0.252 e. The minimum atomic E-state index is -1.63. The summed E-state index contributed by atoms with van der Waals surface area (Å²) in [4.78, 5) is 18.9. The first-order valence-corrected chi connectivity index (χ1v) is 11.8. The third kappa shape index (κ3) is 5.80. The van der Waals surface area contributed by atoms with E-state index >= 15 is 0 Å². The highest BCUT2D eigenvalue weighted by Crippen LogP contribution is 2.28. The molecule has 5 N–H and O–H groups in total. The number of amides is 1. The van der Waals surface area contributed by atoms with Crippen molar-refractivity contribution < 1.29 is 19.4 Å². The zero-order chi connectivity index (χ0) is 24.9. The van der Waals surface area contributed by atoms with Crippen LogP contribution in [0.3, 0.4) is 0 Å². The maximum atomic E-state index is 13.3. The number of carbonyl (C=O) groups excluding carboxylic acids is 1. The number of benzene rings is 2. The predicted molar refractivity (Wildman–Crippen MR) is 132 cm³/mol. The van der Waals surface area contributed by atoms with E-state index in [-0.39, 0.29) is 17.6 Å². The van der Waals surface area contributed by atoms with Gasteiger partial charge < -0.3 is 30.7 Å². The van der Waals surface area contributed by atoms with E-state index < -0.39 is 18.1 Å². The molecule has 4 rings (SSSR count). The number of piperidine rings is 1. The number of hydrogen-bond donors (Lipinski definition) is 4. The number of aromatic nitrogens is 2. The Balaban J connectivity index is 1.27. The second kappa shape index (κ2) is 10.9. The molecule has 3 aromatic rings. The first-order valence-electron chi connectivity index (χ1n) is 11.8. The van der Waals surface area contributed by atoms with Crippen LogP contribution in [0, 0.1) is 11.7 Å². The van der Waals surface area contributed by atoms with Gasteiger partial charge in [0, 0.05) is 45.0 Å². The second-order valence-electron chi connectivity index (χ2n) is 9.10. The Bertz CT molecular complexity index is 1150. The molecule has 1 saturated heterocycles. The number of aliphatic hydroxyl groups is 2. The van der Waals surface area contributed by atoms with Gasteiger partial charge in [0.1, 0.15) is 17.7 Å². The first-order chi connectivity index (χ1) is 16.8. The van der Waals surface area contributed by atoms with Crippen molar-refractivity contribution in [1.82, 2.24) is 14.9 Å². The van der Waals surface area contributed by atoms with E-state index in [0.29, 0.717) is 18.7 Å². The van der Waals surface area contributed by atoms with Crippen molar-refractivity contribution in [3.63, 3.8) is 0 Å². The standard InChI is InChI=1S/C26H32FN5O3/c1-31-20(13-17-5-3-2-4-6-17)16-29-25(31)23(33)24(34)26(35)30-15-18-9-11-32(12-10-18)22-8-7-19(27)14-21(22)28/h2-8,14,16,18,23-24,33-34H,9-13,15,28H2,1H3,(H,30,35)/t23-,24-/m1/s1. The molecule has 0 bridgehead atoms. The number of rotatable bonds is 8. The van der Waals surface area contributed by atoms with Gasteiger partial charge in [-0.05, 0) is 42.5 Å². The minimum Gasteiger partial charge on any atom is -0.397 e. The third-order valence-electron chi connectivity index (χ3n) is 6.69. The predicted octanol–water partition coefficient (Wildman–Crippen LogP) is 2.16. The Morgan fingerprint density at radius 3 is 2.60 bits per heavy atom. The van der Waals surface area contributed by atoms with Gasteiger partial charge >= 0.3 is 0 Å². The topological polar surface area (TPSA) is 117 Å². The van der Waals surface area contributed by atoms with Crippen molar-refractivity contribution in [2.75, 3.05) is 30.3 Å². The largest absolute Gasteiger partial charge is 0.397 e. The van der Waals surface area contributed by atoms with Gasteiger partial charge in [0.05, 0.1) is 11.4 Å². The van der Waals surface area contributed by atoms with E-state index in [2.05, 4.69) is 15.2 Å². The Labute approximate surface area is 204 Å².